The highest BCUT2D eigenvalue weighted by Crippen LogP contribution is 2.50. The molecule has 0 bridgehead atoms. The van der Waals surface area contributed by atoms with Crippen LogP contribution in [-0.2, 0) is 0 Å². The van der Waals surface area contributed by atoms with Crippen molar-refractivity contribution in [2.24, 2.45) is 17.6 Å². The van der Waals surface area contributed by atoms with E-state index >= 15 is 0 Å². The predicted molar refractivity (Wildman–Crippen MR) is 76.0 cm³/mol. The van der Waals surface area contributed by atoms with Crippen molar-refractivity contribution in [3.05, 3.63) is 47.0 Å². The highest BCUT2D eigenvalue weighted by atomic mass is 79.9. The summed E-state index contributed by atoms with van der Waals surface area (Å²) in [4.78, 5) is 0.412. The Hall–Kier alpha value is -0.535. The molecule has 0 amide bonds. The van der Waals surface area contributed by atoms with Gasteiger partial charge in [0.25, 0.3) is 0 Å². The molecule has 0 aliphatic heterocycles. The van der Waals surface area contributed by atoms with E-state index in [0.29, 0.717) is 16.7 Å². The van der Waals surface area contributed by atoms with E-state index in [2.05, 4.69) is 47.2 Å². The number of alkyl halides is 1. The van der Waals surface area contributed by atoms with Crippen molar-refractivity contribution in [1.29, 1.82) is 0 Å². The zero-order chi connectivity index (χ0) is 12.2. The molecule has 4 atom stereocenters. The van der Waals surface area contributed by atoms with Gasteiger partial charge < -0.3 is 5.73 Å². The van der Waals surface area contributed by atoms with Crippen LogP contribution in [0.1, 0.15) is 13.3 Å². The molecule has 0 saturated heterocycles. The molecule has 0 saturated carbocycles. The molecule has 1 nitrogen and oxygen atoms in total. The first kappa shape index (κ1) is 11.5. The Bertz CT molecular complexity index is 484. The van der Waals surface area contributed by atoms with Crippen molar-refractivity contribution in [2.45, 2.75) is 23.7 Å². The van der Waals surface area contributed by atoms with Crippen molar-refractivity contribution in [3.8, 4) is 0 Å². The van der Waals surface area contributed by atoms with Gasteiger partial charge in [-0.05, 0) is 24.5 Å². The first-order valence-electron chi connectivity index (χ1n) is 6.00. The van der Waals surface area contributed by atoms with Gasteiger partial charge in [0.2, 0.25) is 0 Å². The lowest BCUT2D eigenvalue weighted by molar-refractivity contribution is 0.389. The minimum Gasteiger partial charge on any atom is -0.321 e. The summed E-state index contributed by atoms with van der Waals surface area (Å²) < 4.78 is 0. The molecule has 4 unspecified atom stereocenters. The van der Waals surface area contributed by atoms with Crippen LogP contribution in [0.4, 0.5) is 0 Å². The van der Waals surface area contributed by atoms with E-state index in [1.54, 1.807) is 0 Å². The first-order valence-corrected chi connectivity index (χ1v) is 6.92. The molecule has 0 aromatic rings. The van der Waals surface area contributed by atoms with Crippen LogP contribution < -0.4 is 5.73 Å². The molecule has 3 aliphatic rings. The van der Waals surface area contributed by atoms with Gasteiger partial charge in [0.05, 0.1) is 0 Å². The molecule has 3 heteroatoms. The Balaban J connectivity index is 2.09. The van der Waals surface area contributed by atoms with Crippen molar-refractivity contribution < 1.29 is 0 Å². The summed E-state index contributed by atoms with van der Waals surface area (Å²) in [6.45, 7) is 2.13. The van der Waals surface area contributed by atoms with Gasteiger partial charge in [0.15, 0.2) is 0 Å². The Kier molecular flexibility index (Phi) is 2.53. The van der Waals surface area contributed by atoms with Gasteiger partial charge in [0.1, 0.15) is 7.85 Å². The molecule has 86 valence electrons. The van der Waals surface area contributed by atoms with E-state index in [4.69, 9.17) is 13.6 Å². The van der Waals surface area contributed by atoms with Crippen LogP contribution in [0.3, 0.4) is 0 Å². The fourth-order valence-electron chi connectivity index (χ4n) is 3.28. The number of allylic oxidation sites excluding steroid dienone is 6. The smallest absolute Gasteiger partial charge is 0.113 e. The number of hydrogen-bond donors (Lipinski definition) is 1. The largest absolute Gasteiger partial charge is 0.321 e. The second kappa shape index (κ2) is 3.73. The van der Waals surface area contributed by atoms with Crippen LogP contribution in [-0.4, -0.2) is 18.2 Å². The summed E-state index contributed by atoms with van der Waals surface area (Å²) in [6, 6.07) is 0. The minimum absolute atomic E-state index is 0.272. The molecular formula is C14H15BBrN. The number of fused-ring (bicyclic) bond motifs is 2. The van der Waals surface area contributed by atoms with Gasteiger partial charge in [-0.1, -0.05) is 46.3 Å². The van der Waals surface area contributed by atoms with E-state index in [1.165, 1.54) is 11.1 Å². The monoisotopic (exact) mass is 287 g/mol. The second-order valence-electron chi connectivity index (χ2n) is 5.37. The predicted octanol–water partition coefficient (Wildman–Crippen LogP) is 2.59. The Morgan fingerprint density at radius 1 is 1.41 bits per heavy atom. The molecule has 0 aromatic heterocycles. The van der Waals surface area contributed by atoms with E-state index in [1.807, 2.05) is 6.08 Å². The normalized spacial score (nSPS) is 43.5. The molecule has 17 heavy (non-hydrogen) atoms. The summed E-state index contributed by atoms with van der Waals surface area (Å²) in [5.41, 5.74) is 9.91. The van der Waals surface area contributed by atoms with Gasteiger partial charge in [-0.3, -0.25) is 0 Å². The summed E-state index contributed by atoms with van der Waals surface area (Å²) in [6.07, 6.45) is 11.8. The van der Waals surface area contributed by atoms with Gasteiger partial charge in [0, 0.05) is 22.2 Å². The average molecular weight is 288 g/mol. The standard InChI is InChI=1S/C14H15BBrN/c1-14(17)12-6-8(15)2-4-10(12)11-5-3-9(16)7-13(11)14/h2-6,9-10,12H,7,17H2,1H3. The fourth-order valence-corrected chi connectivity index (χ4v) is 3.75. The third kappa shape index (κ3) is 1.63. The van der Waals surface area contributed by atoms with Crippen LogP contribution in [0, 0.1) is 11.8 Å². The first-order chi connectivity index (χ1) is 8.00. The quantitative estimate of drug-likeness (QED) is 0.538. The summed E-state index contributed by atoms with van der Waals surface area (Å²) in [7, 11) is 5.90. The lowest BCUT2D eigenvalue weighted by atomic mass is 9.74. The Morgan fingerprint density at radius 3 is 2.94 bits per heavy atom. The highest BCUT2D eigenvalue weighted by Gasteiger charge is 2.47. The molecule has 0 fully saturated rings. The number of nitrogens with two attached hydrogens (primary N) is 1. The molecule has 3 aliphatic carbocycles. The van der Waals surface area contributed by atoms with Crippen LogP contribution in [0.25, 0.3) is 0 Å². The van der Waals surface area contributed by atoms with E-state index < -0.39 is 0 Å². The number of rotatable bonds is 0. The lowest BCUT2D eigenvalue weighted by Crippen LogP contribution is -2.44. The maximum Gasteiger partial charge on any atom is 0.113 e. The average Bonchev–Trinajstić information content (AvgIpc) is 2.49. The van der Waals surface area contributed by atoms with Crippen LogP contribution in [0.2, 0.25) is 0 Å². The van der Waals surface area contributed by atoms with Crippen molar-refractivity contribution in [1.82, 2.24) is 0 Å². The van der Waals surface area contributed by atoms with E-state index in [-0.39, 0.29) is 5.54 Å². The van der Waals surface area contributed by atoms with Crippen molar-refractivity contribution in [3.63, 3.8) is 0 Å². The molecular weight excluding hydrogens is 273 g/mol. The number of hydrogen-bond acceptors (Lipinski definition) is 1. The highest BCUT2D eigenvalue weighted by molar-refractivity contribution is 9.09. The SMILES string of the molecule is [B]C1=CC2C(C=C1)C1=C(CC(Br)C=C1)C2(C)N. The zero-order valence-corrected chi connectivity index (χ0v) is 11.4. The van der Waals surface area contributed by atoms with Crippen molar-refractivity contribution in [2.75, 3.05) is 0 Å². The molecule has 0 heterocycles. The molecule has 2 radical (unpaired) electrons. The number of halogens is 1. The molecule has 2 N–H and O–H groups in total. The van der Waals surface area contributed by atoms with Crippen LogP contribution in [0.15, 0.2) is 47.0 Å². The lowest BCUT2D eigenvalue weighted by Gasteiger charge is -2.33. The summed E-state index contributed by atoms with van der Waals surface area (Å²) >= 11 is 3.65. The van der Waals surface area contributed by atoms with Crippen LogP contribution in [0.5, 0.6) is 0 Å². The van der Waals surface area contributed by atoms with Gasteiger partial charge in [-0.15, -0.1) is 5.47 Å². The fraction of sp³-hybridized carbons (Fsp3) is 0.429. The maximum atomic E-state index is 6.56. The molecule has 0 spiro atoms. The zero-order valence-electron chi connectivity index (χ0n) is 9.86. The summed E-state index contributed by atoms with van der Waals surface area (Å²) in [5, 5.41) is 0. The van der Waals surface area contributed by atoms with Crippen molar-refractivity contribution >= 4 is 23.8 Å². The third-order valence-electron chi connectivity index (χ3n) is 4.19. The van der Waals surface area contributed by atoms with Gasteiger partial charge in [-0.25, -0.2) is 0 Å². The second-order valence-corrected chi connectivity index (χ2v) is 6.55. The minimum atomic E-state index is -0.272. The Labute approximate surface area is 112 Å². The maximum absolute atomic E-state index is 6.56. The van der Waals surface area contributed by atoms with Crippen LogP contribution >= 0.6 is 15.9 Å². The Morgan fingerprint density at radius 2 is 2.18 bits per heavy atom. The van der Waals surface area contributed by atoms with E-state index in [0.717, 1.165) is 11.9 Å². The van der Waals surface area contributed by atoms with Gasteiger partial charge >= 0.3 is 0 Å². The van der Waals surface area contributed by atoms with Gasteiger partial charge in [-0.2, -0.15) is 0 Å². The molecule has 0 aromatic carbocycles. The molecule has 3 rings (SSSR count). The third-order valence-corrected chi connectivity index (χ3v) is 4.82. The van der Waals surface area contributed by atoms with E-state index in [9.17, 15) is 0 Å². The topological polar surface area (TPSA) is 26.0 Å². The summed E-state index contributed by atoms with van der Waals surface area (Å²) in [5.74, 6) is 0.712.